The van der Waals surface area contributed by atoms with Crippen molar-refractivity contribution in [1.29, 1.82) is 0 Å². The Kier molecular flexibility index (Phi) is 2.50. The molecule has 0 fully saturated rings. The molecule has 0 radical (unpaired) electrons. The van der Waals surface area contributed by atoms with Crippen LogP contribution in [0.15, 0.2) is 18.7 Å². The number of carbonyl (C=O) groups is 1. The summed E-state index contributed by atoms with van der Waals surface area (Å²) in [5, 5.41) is 10.2. The van der Waals surface area contributed by atoms with Gasteiger partial charge >= 0.3 is 0 Å². The summed E-state index contributed by atoms with van der Waals surface area (Å²) in [6.07, 6.45) is 4.34. The third-order valence-corrected chi connectivity index (χ3v) is 2.20. The second kappa shape index (κ2) is 3.96. The van der Waals surface area contributed by atoms with Crippen LogP contribution in [0.5, 0.6) is 0 Å². The molecule has 15 heavy (non-hydrogen) atoms. The fourth-order valence-electron chi connectivity index (χ4n) is 0.875. The summed E-state index contributed by atoms with van der Waals surface area (Å²) in [6.45, 7) is 0. The lowest BCUT2D eigenvalue weighted by Gasteiger charge is -1.99. The Bertz CT molecular complexity index is 469. The normalized spacial score (nSPS) is 9.87. The summed E-state index contributed by atoms with van der Waals surface area (Å²) in [6, 6.07) is 0. The Balaban J connectivity index is 2.11. The number of aromatic nitrogens is 4. The lowest BCUT2D eigenvalue weighted by molar-refractivity contribution is 0.102. The SMILES string of the molecule is Nc1nnc(C(=O)Nc2cncnc2)s1. The topological polar surface area (TPSA) is 107 Å². The fourth-order valence-corrected chi connectivity index (χ4v) is 1.38. The minimum absolute atomic E-state index is 0.205. The third-order valence-electron chi connectivity index (χ3n) is 1.45. The Morgan fingerprint density at radius 2 is 2.07 bits per heavy atom. The molecule has 0 unspecified atom stereocenters. The van der Waals surface area contributed by atoms with Crippen LogP contribution >= 0.6 is 11.3 Å². The number of nitrogens with two attached hydrogens (primary N) is 1. The number of hydrogen-bond acceptors (Lipinski definition) is 7. The molecule has 7 nitrogen and oxygen atoms in total. The number of nitrogens with zero attached hydrogens (tertiary/aromatic N) is 4. The first-order valence-electron chi connectivity index (χ1n) is 3.91. The summed E-state index contributed by atoms with van der Waals surface area (Å²) in [5.74, 6) is -0.376. The van der Waals surface area contributed by atoms with Gasteiger partial charge in [-0.15, -0.1) is 10.2 Å². The van der Waals surface area contributed by atoms with Crippen LogP contribution in [0.25, 0.3) is 0 Å². The highest BCUT2D eigenvalue weighted by molar-refractivity contribution is 7.16. The number of amides is 1. The van der Waals surface area contributed by atoms with Gasteiger partial charge in [0, 0.05) is 0 Å². The van der Waals surface area contributed by atoms with Gasteiger partial charge in [0.25, 0.3) is 5.91 Å². The largest absolute Gasteiger partial charge is 0.374 e. The highest BCUT2D eigenvalue weighted by Gasteiger charge is 2.11. The maximum Gasteiger partial charge on any atom is 0.286 e. The zero-order valence-corrected chi connectivity index (χ0v) is 8.23. The van der Waals surface area contributed by atoms with Gasteiger partial charge < -0.3 is 11.1 Å². The Labute approximate surface area is 88.4 Å². The fraction of sp³-hybridized carbons (Fsp3) is 0. The molecule has 0 saturated heterocycles. The Morgan fingerprint density at radius 1 is 1.33 bits per heavy atom. The van der Waals surface area contributed by atoms with Gasteiger partial charge in [-0.1, -0.05) is 11.3 Å². The number of rotatable bonds is 2. The smallest absolute Gasteiger partial charge is 0.286 e. The van der Waals surface area contributed by atoms with Gasteiger partial charge in [0.2, 0.25) is 10.1 Å². The van der Waals surface area contributed by atoms with Crippen LogP contribution in [0.3, 0.4) is 0 Å². The number of nitrogens with one attached hydrogen (secondary N) is 1. The Hall–Kier alpha value is -2.09. The molecule has 8 heteroatoms. The van der Waals surface area contributed by atoms with Crippen molar-refractivity contribution in [2.24, 2.45) is 0 Å². The average Bonchev–Trinajstić information content (AvgIpc) is 2.66. The van der Waals surface area contributed by atoms with Crippen molar-refractivity contribution in [2.75, 3.05) is 11.1 Å². The van der Waals surface area contributed by atoms with E-state index in [1.165, 1.54) is 18.7 Å². The first-order chi connectivity index (χ1) is 7.25. The number of hydrogen-bond donors (Lipinski definition) is 2. The quantitative estimate of drug-likeness (QED) is 0.749. The minimum atomic E-state index is -0.376. The van der Waals surface area contributed by atoms with E-state index in [4.69, 9.17) is 5.73 Å². The van der Waals surface area contributed by atoms with E-state index in [0.29, 0.717) is 5.69 Å². The second-order valence-corrected chi connectivity index (χ2v) is 3.54. The van der Waals surface area contributed by atoms with Crippen molar-refractivity contribution < 1.29 is 4.79 Å². The molecule has 2 heterocycles. The van der Waals surface area contributed by atoms with E-state index in [1.807, 2.05) is 0 Å². The number of anilines is 2. The number of carbonyl (C=O) groups excluding carboxylic acids is 1. The molecule has 2 rings (SSSR count). The van der Waals surface area contributed by atoms with Gasteiger partial charge in [-0.05, 0) is 0 Å². The van der Waals surface area contributed by atoms with Crippen LogP contribution in [0.2, 0.25) is 0 Å². The summed E-state index contributed by atoms with van der Waals surface area (Å²) in [5.41, 5.74) is 5.85. The van der Waals surface area contributed by atoms with Crippen molar-refractivity contribution in [3.63, 3.8) is 0 Å². The molecule has 2 aromatic rings. The van der Waals surface area contributed by atoms with Gasteiger partial charge in [0.15, 0.2) is 0 Å². The van der Waals surface area contributed by atoms with Crippen LogP contribution < -0.4 is 11.1 Å². The van der Waals surface area contributed by atoms with E-state index in [2.05, 4.69) is 25.5 Å². The minimum Gasteiger partial charge on any atom is -0.374 e. The standard InChI is InChI=1S/C7H6N6OS/c8-7-13-12-6(15-7)5(14)11-4-1-9-3-10-2-4/h1-3H,(H2,8,13)(H,11,14). The van der Waals surface area contributed by atoms with Crippen molar-refractivity contribution in [3.05, 3.63) is 23.7 Å². The molecule has 0 spiro atoms. The molecule has 0 atom stereocenters. The molecule has 2 aromatic heterocycles. The predicted octanol–water partition coefficient (Wildman–Crippen LogP) is 0.163. The van der Waals surface area contributed by atoms with Gasteiger partial charge in [-0.25, -0.2) is 9.97 Å². The highest BCUT2D eigenvalue weighted by atomic mass is 32.1. The first kappa shape index (κ1) is 9.46. The first-order valence-corrected chi connectivity index (χ1v) is 4.72. The van der Waals surface area contributed by atoms with E-state index >= 15 is 0 Å². The van der Waals surface area contributed by atoms with Crippen LogP contribution in [-0.4, -0.2) is 26.1 Å². The van der Waals surface area contributed by atoms with Gasteiger partial charge in [0.1, 0.15) is 6.33 Å². The zero-order valence-electron chi connectivity index (χ0n) is 7.41. The van der Waals surface area contributed by atoms with Crippen LogP contribution in [0.4, 0.5) is 10.8 Å². The van der Waals surface area contributed by atoms with E-state index in [9.17, 15) is 4.79 Å². The summed E-state index contributed by atoms with van der Waals surface area (Å²) < 4.78 is 0. The second-order valence-electron chi connectivity index (χ2n) is 2.53. The monoisotopic (exact) mass is 222 g/mol. The summed E-state index contributed by atoms with van der Waals surface area (Å²) in [4.78, 5) is 19.0. The van der Waals surface area contributed by atoms with E-state index < -0.39 is 0 Å². The molecular weight excluding hydrogens is 216 g/mol. The lowest BCUT2D eigenvalue weighted by Crippen LogP contribution is -2.11. The average molecular weight is 222 g/mol. The zero-order chi connectivity index (χ0) is 10.7. The molecule has 0 saturated carbocycles. The van der Waals surface area contributed by atoms with Crippen molar-refractivity contribution in [1.82, 2.24) is 20.2 Å². The number of nitrogen functional groups attached to an aromatic ring is 1. The maximum absolute atomic E-state index is 11.5. The van der Waals surface area contributed by atoms with E-state index in [1.54, 1.807) is 0 Å². The molecule has 1 amide bonds. The van der Waals surface area contributed by atoms with E-state index in [-0.39, 0.29) is 16.0 Å². The summed E-state index contributed by atoms with van der Waals surface area (Å²) >= 11 is 1.02. The highest BCUT2D eigenvalue weighted by Crippen LogP contribution is 2.12. The summed E-state index contributed by atoms with van der Waals surface area (Å²) in [7, 11) is 0. The van der Waals surface area contributed by atoms with Crippen LogP contribution in [0.1, 0.15) is 9.80 Å². The third kappa shape index (κ3) is 2.23. The lowest BCUT2D eigenvalue weighted by atomic mass is 10.5. The van der Waals surface area contributed by atoms with Crippen molar-refractivity contribution in [3.8, 4) is 0 Å². The predicted molar refractivity (Wildman–Crippen MR) is 54.3 cm³/mol. The van der Waals surface area contributed by atoms with Crippen LogP contribution in [0, 0.1) is 0 Å². The molecule has 0 aliphatic carbocycles. The van der Waals surface area contributed by atoms with Gasteiger partial charge in [-0.2, -0.15) is 0 Å². The molecule has 3 N–H and O–H groups in total. The Morgan fingerprint density at radius 3 is 2.67 bits per heavy atom. The maximum atomic E-state index is 11.5. The molecular formula is C7H6N6OS. The van der Waals surface area contributed by atoms with Crippen LogP contribution in [-0.2, 0) is 0 Å². The molecule has 76 valence electrons. The molecule has 0 aromatic carbocycles. The van der Waals surface area contributed by atoms with Crippen molar-refractivity contribution >= 4 is 28.1 Å². The molecule has 0 aliphatic rings. The van der Waals surface area contributed by atoms with Gasteiger partial charge in [0.05, 0.1) is 18.1 Å². The molecule has 0 bridgehead atoms. The van der Waals surface area contributed by atoms with E-state index in [0.717, 1.165) is 11.3 Å². The molecule has 0 aliphatic heterocycles. The van der Waals surface area contributed by atoms with Crippen molar-refractivity contribution in [2.45, 2.75) is 0 Å². The van der Waals surface area contributed by atoms with Gasteiger partial charge in [-0.3, -0.25) is 4.79 Å².